The first-order valence-electron chi connectivity index (χ1n) is 8.36. The summed E-state index contributed by atoms with van der Waals surface area (Å²) in [4.78, 5) is 13.3. The van der Waals surface area contributed by atoms with E-state index < -0.39 is 5.92 Å². The highest BCUT2D eigenvalue weighted by Gasteiger charge is 2.39. The number of carbonyl (C=O) groups excluding carboxylic acids is 1. The van der Waals surface area contributed by atoms with Crippen LogP contribution in [0, 0.1) is 5.41 Å². The number of allylic oxidation sites excluding steroid dienone is 1. The third-order valence-corrected chi connectivity index (χ3v) is 7.08. The number of hydrogen-bond acceptors (Lipinski definition) is 7. The quantitative estimate of drug-likeness (QED) is 0.487. The summed E-state index contributed by atoms with van der Waals surface area (Å²) in [5.41, 5.74) is 0.677. The van der Waals surface area contributed by atoms with Gasteiger partial charge in [-0.3, -0.25) is 10.2 Å². The van der Waals surface area contributed by atoms with E-state index in [2.05, 4.69) is 10.2 Å². The molecule has 1 unspecified atom stereocenters. The Kier molecular flexibility index (Phi) is 5.42. The fourth-order valence-corrected chi connectivity index (χ4v) is 5.07. The zero-order chi connectivity index (χ0) is 19.8. The maximum atomic E-state index is 12.8. The van der Waals surface area contributed by atoms with Crippen molar-refractivity contribution in [3.05, 3.63) is 61.1 Å². The van der Waals surface area contributed by atoms with Crippen molar-refractivity contribution in [2.75, 3.05) is 0 Å². The fourth-order valence-electron chi connectivity index (χ4n) is 2.74. The Hall–Kier alpha value is -1.93. The zero-order valence-corrected chi connectivity index (χ0v) is 17.7. The lowest BCUT2D eigenvalue weighted by Gasteiger charge is -2.02. The van der Waals surface area contributed by atoms with Crippen LogP contribution in [0.1, 0.15) is 28.6 Å². The molecule has 3 aromatic rings. The molecule has 1 atom stereocenters. The van der Waals surface area contributed by atoms with Gasteiger partial charge in [0, 0.05) is 5.56 Å². The third kappa shape index (κ3) is 3.55. The lowest BCUT2D eigenvalue weighted by molar-refractivity contribution is -0.114. The minimum Gasteiger partial charge on any atom is -0.457 e. The summed E-state index contributed by atoms with van der Waals surface area (Å²) in [7, 11) is 0. The zero-order valence-electron chi connectivity index (χ0n) is 14.5. The van der Waals surface area contributed by atoms with Crippen LogP contribution in [0.4, 0.5) is 0 Å². The first-order chi connectivity index (χ1) is 13.5. The van der Waals surface area contributed by atoms with Crippen LogP contribution in [0.5, 0.6) is 0 Å². The Labute approximate surface area is 179 Å². The largest absolute Gasteiger partial charge is 0.457 e. The molecule has 0 bridgehead atoms. The van der Waals surface area contributed by atoms with E-state index in [0.29, 0.717) is 37.0 Å². The van der Waals surface area contributed by atoms with E-state index in [1.807, 2.05) is 13.0 Å². The molecular formula is C19H13Cl2N3O2S2. The normalized spacial score (nSPS) is 18.4. The summed E-state index contributed by atoms with van der Waals surface area (Å²) in [6, 6.07) is 8.83. The Morgan fingerprint density at radius 3 is 2.82 bits per heavy atom. The number of nitrogens with one attached hydrogen (secondary N) is 1. The van der Waals surface area contributed by atoms with Gasteiger partial charge in [-0.2, -0.15) is 0 Å². The van der Waals surface area contributed by atoms with Crippen molar-refractivity contribution >= 4 is 63.2 Å². The van der Waals surface area contributed by atoms with Crippen LogP contribution in [0.3, 0.4) is 0 Å². The van der Waals surface area contributed by atoms with Gasteiger partial charge < -0.3 is 4.42 Å². The molecule has 1 N–H and O–H groups in total. The number of nitrogens with zero attached hydrogens (tertiary/aromatic N) is 2. The molecule has 1 fully saturated rings. The number of benzene rings is 1. The Morgan fingerprint density at radius 1 is 1.25 bits per heavy atom. The highest BCUT2D eigenvalue weighted by atomic mass is 35.5. The molecule has 1 aromatic carbocycles. The number of carbonyl (C=O) groups is 1. The minimum absolute atomic E-state index is 0.160. The molecule has 0 spiro atoms. The van der Waals surface area contributed by atoms with E-state index in [1.165, 1.54) is 11.3 Å². The van der Waals surface area contributed by atoms with Crippen molar-refractivity contribution in [1.29, 1.82) is 5.41 Å². The van der Waals surface area contributed by atoms with Gasteiger partial charge in [0.25, 0.3) is 0 Å². The van der Waals surface area contributed by atoms with Crippen LogP contribution in [-0.2, 0) is 11.2 Å². The second-order valence-electron chi connectivity index (χ2n) is 5.96. The standard InChI is InChI=1S/C19H13Cl2N3O2S2/c1-2-14-23-24-19(28-14)15-17(25)13(27-18(15)22)8-9-6-7-12(26-9)10-4-3-5-11(20)16(10)21/h3-8,15,22H,2H2,1H3. The molecule has 0 saturated carbocycles. The van der Waals surface area contributed by atoms with Crippen LogP contribution >= 0.6 is 46.3 Å². The van der Waals surface area contributed by atoms with Gasteiger partial charge >= 0.3 is 0 Å². The summed E-state index contributed by atoms with van der Waals surface area (Å²) >= 11 is 14.8. The van der Waals surface area contributed by atoms with E-state index in [4.69, 9.17) is 33.0 Å². The molecule has 5 nitrogen and oxygen atoms in total. The Balaban J connectivity index is 1.61. The Morgan fingerprint density at radius 2 is 2.07 bits per heavy atom. The van der Waals surface area contributed by atoms with Crippen molar-refractivity contribution in [1.82, 2.24) is 10.2 Å². The van der Waals surface area contributed by atoms with Gasteiger partial charge in [0.15, 0.2) is 5.78 Å². The van der Waals surface area contributed by atoms with Gasteiger partial charge in [0.05, 0.1) is 20.0 Å². The lowest BCUT2D eigenvalue weighted by Crippen LogP contribution is -2.11. The predicted octanol–water partition coefficient (Wildman–Crippen LogP) is 6.09. The molecule has 0 radical (unpaired) electrons. The average Bonchev–Trinajstić information content (AvgIpc) is 3.38. The van der Waals surface area contributed by atoms with Gasteiger partial charge in [0.1, 0.15) is 27.5 Å². The number of rotatable bonds is 4. The molecule has 1 aliphatic heterocycles. The molecule has 4 rings (SSSR count). The van der Waals surface area contributed by atoms with E-state index in [9.17, 15) is 4.79 Å². The maximum Gasteiger partial charge on any atom is 0.186 e. The monoisotopic (exact) mass is 449 g/mol. The van der Waals surface area contributed by atoms with Gasteiger partial charge in [-0.25, -0.2) is 0 Å². The van der Waals surface area contributed by atoms with Crippen molar-refractivity contribution in [3.8, 4) is 11.3 Å². The predicted molar refractivity (Wildman–Crippen MR) is 114 cm³/mol. The third-order valence-electron chi connectivity index (χ3n) is 4.14. The second-order valence-corrected chi connectivity index (χ2v) is 8.93. The molecule has 28 heavy (non-hydrogen) atoms. The molecule has 3 heterocycles. The molecule has 2 aromatic heterocycles. The maximum absolute atomic E-state index is 12.8. The average molecular weight is 450 g/mol. The van der Waals surface area contributed by atoms with Crippen molar-refractivity contribution in [3.63, 3.8) is 0 Å². The number of hydrogen-bond donors (Lipinski definition) is 1. The van der Waals surface area contributed by atoms with E-state index in [0.717, 1.165) is 23.2 Å². The highest BCUT2D eigenvalue weighted by molar-refractivity contribution is 8.19. The summed E-state index contributed by atoms with van der Waals surface area (Å²) < 4.78 is 5.83. The number of aromatic nitrogens is 2. The molecule has 142 valence electrons. The van der Waals surface area contributed by atoms with E-state index in [1.54, 1.807) is 30.3 Å². The van der Waals surface area contributed by atoms with E-state index in [-0.39, 0.29) is 10.8 Å². The van der Waals surface area contributed by atoms with Crippen molar-refractivity contribution in [2.24, 2.45) is 0 Å². The van der Waals surface area contributed by atoms with E-state index >= 15 is 0 Å². The van der Waals surface area contributed by atoms with Crippen LogP contribution in [0.15, 0.2) is 39.7 Å². The number of Topliss-reactive ketones (excluding diaryl/α,β-unsaturated/α-hetero) is 1. The van der Waals surface area contributed by atoms with Crippen LogP contribution < -0.4 is 0 Å². The molecule has 1 aliphatic rings. The number of furan rings is 1. The van der Waals surface area contributed by atoms with Gasteiger partial charge in [-0.15, -0.1) is 21.5 Å². The van der Waals surface area contributed by atoms with Gasteiger partial charge in [-0.05, 0) is 36.8 Å². The summed E-state index contributed by atoms with van der Waals surface area (Å²) in [6.45, 7) is 1.98. The Bertz CT molecular complexity index is 1120. The topological polar surface area (TPSA) is 79.8 Å². The summed E-state index contributed by atoms with van der Waals surface area (Å²) in [6.07, 6.45) is 2.40. The highest BCUT2D eigenvalue weighted by Crippen LogP contribution is 2.42. The van der Waals surface area contributed by atoms with Crippen molar-refractivity contribution < 1.29 is 9.21 Å². The molecule has 9 heteroatoms. The lowest BCUT2D eigenvalue weighted by atomic mass is 10.1. The fraction of sp³-hybridized carbons (Fsp3) is 0.158. The number of halogens is 2. The summed E-state index contributed by atoms with van der Waals surface area (Å²) in [5.74, 6) is 0.221. The van der Waals surface area contributed by atoms with Gasteiger partial charge in [-0.1, -0.05) is 48.0 Å². The van der Waals surface area contributed by atoms with Crippen LogP contribution in [0.2, 0.25) is 10.0 Å². The second kappa shape index (κ2) is 7.83. The van der Waals surface area contributed by atoms with Crippen LogP contribution in [0.25, 0.3) is 17.4 Å². The first kappa shape index (κ1) is 19.4. The number of ketones is 1. The number of thioether (sulfide) groups is 1. The molecule has 1 saturated heterocycles. The molecule has 0 amide bonds. The molecular weight excluding hydrogens is 437 g/mol. The smallest absolute Gasteiger partial charge is 0.186 e. The number of aryl methyl sites for hydroxylation is 1. The van der Waals surface area contributed by atoms with Gasteiger partial charge in [0.2, 0.25) is 0 Å². The SMILES string of the molecule is CCc1nnc(C2C(=N)SC(=Cc3ccc(-c4cccc(Cl)c4Cl)o3)C2=O)s1. The first-order valence-corrected chi connectivity index (χ1v) is 10.8. The van der Waals surface area contributed by atoms with Crippen molar-refractivity contribution in [2.45, 2.75) is 19.3 Å². The molecule has 0 aliphatic carbocycles. The van der Waals surface area contributed by atoms with Crippen LogP contribution in [-0.4, -0.2) is 21.0 Å². The summed E-state index contributed by atoms with van der Waals surface area (Å²) in [5, 5.41) is 18.9. The minimum atomic E-state index is -0.675.